The van der Waals surface area contributed by atoms with E-state index in [1.165, 1.54) is 5.56 Å². The number of aryl methyl sites for hydroxylation is 1. The SMILES string of the molecule is CCN1CCN(c2nc(C)cc(Nc3ccccc3C(C)(C)C)n2)CC1. The summed E-state index contributed by atoms with van der Waals surface area (Å²) >= 11 is 0. The number of hydrogen-bond donors (Lipinski definition) is 1. The summed E-state index contributed by atoms with van der Waals surface area (Å²) in [5.74, 6) is 1.69. The van der Waals surface area contributed by atoms with Crippen molar-refractivity contribution in [2.45, 2.75) is 40.0 Å². The van der Waals surface area contributed by atoms with E-state index in [-0.39, 0.29) is 5.41 Å². The Balaban J connectivity index is 1.83. The molecule has 1 aliphatic heterocycles. The molecule has 0 radical (unpaired) electrons. The first kappa shape index (κ1) is 18.6. The summed E-state index contributed by atoms with van der Waals surface area (Å²) < 4.78 is 0. The Morgan fingerprint density at radius 3 is 2.38 bits per heavy atom. The highest BCUT2D eigenvalue weighted by Crippen LogP contribution is 2.31. The number of rotatable bonds is 4. The van der Waals surface area contributed by atoms with Crippen LogP contribution in [-0.2, 0) is 5.41 Å². The Labute approximate surface area is 157 Å². The Kier molecular flexibility index (Phi) is 5.47. The van der Waals surface area contributed by atoms with Gasteiger partial charge in [0.05, 0.1) is 0 Å². The molecule has 0 spiro atoms. The van der Waals surface area contributed by atoms with Crippen molar-refractivity contribution in [1.82, 2.24) is 14.9 Å². The molecule has 1 aromatic carbocycles. The van der Waals surface area contributed by atoms with E-state index in [2.05, 4.69) is 72.1 Å². The fourth-order valence-corrected chi connectivity index (χ4v) is 3.41. The molecule has 2 aromatic rings. The van der Waals surface area contributed by atoms with Gasteiger partial charge in [0, 0.05) is 43.6 Å². The lowest BCUT2D eigenvalue weighted by Crippen LogP contribution is -2.46. The van der Waals surface area contributed by atoms with Gasteiger partial charge in [-0.2, -0.15) is 4.98 Å². The average Bonchev–Trinajstić information content (AvgIpc) is 2.61. The summed E-state index contributed by atoms with van der Waals surface area (Å²) in [5.41, 5.74) is 3.46. The number of nitrogens with one attached hydrogen (secondary N) is 1. The molecule has 5 heteroatoms. The van der Waals surface area contributed by atoms with E-state index in [0.717, 1.165) is 55.9 Å². The van der Waals surface area contributed by atoms with Crippen molar-refractivity contribution in [2.75, 3.05) is 42.9 Å². The molecule has 0 amide bonds. The number of hydrogen-bond acceptors (Lipinski definition) is 5. The van der Waals surface area contributed by atoms with Gasteiger partial charge in [0.25, 0.3) is 0 Å². The monoisotopic (exact) mass is 353 g/mol. The van der Waals surface area contributed by atoms with Crippen LogP contribution < -0.4 is 10.2 Å². The van der Waals surface area contributed by atoms with Crippen LogP contribution in [0.3, 0.4) is 0 Å². The number of anilines is 3. The zero-order chi connectivity index (χ0) is 18.7. The Morgan fingerprint density at radius 1 is 1.04 bits per heavy atom. The van der Waals surface area contributed by atoms with Crippen LogP contribution in [0.25, 0.3) is 0 Å². The second kappa shape index (κ2) is 7.62. The van der Waals surface area contributed by atoms with Crippen LogP contribution >= 0.6 is 0 Å². The predicted molar refractivity (Wildman–Crippen MR) is 110 cm³/mol. The first-order valence-corrected chi connectivity index (χ1v) is 9.56. The summed E-state index contributed by atoms with van der Waals surface area (Å²) in [7, 11) is 0. The maximum atomic E-state index is 4.81. The van der Waals surface area contributed by atoms with Crippen LogP contribution in [0.15, 0.2) is 30.3 Å². The first-order chi connectivity index (χ1) is 12.4. The number of para-hydroxylation sites is 1. The third kappa shape index (κ3) is 4.33. The molecule has 0 bridgehead atoms. The fourth-order valence-electron chi connectivity index (χ4n) is 3.41. The minimum absolute atomic E-state index is 0.0744. The molecule has 1 saturated heterocycles. The lowest BCUT2D eigenvalue weighted by Gasteiger charge is -2.34. The fraction of sp³-hybridized carbons (Fsp3) is 0.524. The van der Waals surface area contributed by atoms with E-state index in [0.29, 0.717) is 0 Å². The second-order valence-corrected chi connectivity index (χ2v) is 8.04. The van der Waals surface area contributed by atoms with E-state index in [9.17, 15) is 0 Å². The van der Waals surface area contributed by atoms with Crippen LogP contribution in [0.1, 0.15) is 39.0 Å². The van der Waals surface area contributed by atoms with E-state index >= 15 is 0 Å². The normalized spacial score (nSPS) is 16.0. The van der Waals surface area contributed by atoms with Crippen molar-refractivity contribution in [3.63, 3.8) is 0 Å². The third-order valence-corrected chi connectivity index (χ3v) is 4.94. The minimum Gasteiger partial charge on any atom is -0.340 e. The van der Waals surface area contributed by atoms with Crippen molar-refractivity contribution in [1.29, 1.82) is 0 Å². The van der Waals surface area contributed by atoms with E-state index in [1.54, 1.807) is 0 Å². The summed E-state index contributed by atoms with van der Waals surface area (Å²) in [6.45, 7) is 16.2. The van der Waals surface area contributed by atoms with E-state index < -0.39 is 0 Å². The Morgan fingerprint density at radius 2 is 1.73 bits per heavy atom. The highest BCUT2D eigenvalue weighted by atomic mass is 15.3. The standard InChI is InChI=1S/C21H31N5/c1-6-25-11-13-26(14-12-25)20-22-16(2)15-19(24-20)23-18-10-8-7-9-17(18)21(3,4)5/h7-10,15H,6,11-14H2,1-5H3,(H,22,23,24). The quantitative estimate of drug-likeness (QED) is 0.901. The number of nitrogens with zero attached hydrogens (tertiary/aromatic N) is 4. The molecular formula is C21H31N5. The smallest absolute Gasteiger partial charge is 0.227 e. The van der Waals surface area contributed by atoms with Gasteiger partial charge in [-0.05, 0) is 30.5 Å². The number of piperazine rings is 1. The van der Waals surface area contributed by atoms with E-state index in [4.69, 9.17) is 4.98 Å². The highest BCUT2D eigenvalue weighted by molar-refractivity contribution is 5.63. The average molecular weight is 354 g/mol. The molecule has 1 aliphatic rings. The molecule has 0 unspecified atom stereocenters. The zero-order valence-electron chi connectivity index (χ0n) is 16.7. The lowest BCUT2D eigenvalue weighted by atomic mass is 9.86. The first-order valence-electron chi connectivity index (χ1n) is 9.56. The molecule has 26 heavy (non-hydrogen) atoms. The molecule has 0 saturated carbocycles. The molecule has 5 nitrogen and oxygen atoms in total. The Bertz CT molecular complexity index is 742. The van der Waals surface area contributed by atoms with Gasteiger partial charge in [-0.25, -0.2) is 4.98 Å². The Hall–Kier alpha value is -2.14. The molecule has 0 aliphatic carbocycles. The van der Waals surface area contributed by atoms with Crippen LogP contribution in [0.5, 0.6) is 0 Å². The molecule has 1 fully saturated rings. The molecule has 140 valence electrons. The van der Waals surface area contributed by atoms with Gasteiger partial charge < -0.3 is 15.1 Å². The largest absolute Gasteiger partial charge is 0.340 e. The molecule has 0 atom stereocenters. The maximum absolute atomic E-state index is 4.81. The number of likely N-dealkylation sites (N-methyl/N-ethyl adjacent to an activating group) is 1. The minimum atomic E-state index is 0.0744. The highest BCUT2D eigenvalue weighted by Gasteiger charge is 2.20. The second-order valence-electron chi connectivity index (χ2n) is 8.04. The van der Waals surface area contributed by atoms with Crippen LogP contribution in [0, 0.1) is 6.92 Å². The van der Waals surface area contributed by atoms with Crippen LogP contribution in [-0.4, -0.2) is 47.6 Å². The number of benzene rings is 1. The molecular weight excluding hydrogens is 322 g/mol. The van der Waals surface area contributed by atoms with Crippen molar-refractivity contribution < 1.29 is 0 Å². The van der Waals surface area contributed by atoms with Gasteiger partial charge in [0.15, 0.2) is 0 Å². The van der Waals surface area contributed by atoms with Gasteiger partial charge in [0.2, 0.25) is 5.95 Å². The van der Waals surface area contributed by atoms with Gasteiger partial charge in [-0.15, -0.1) is 0 Å². The van der Waals surface area contributed by atoms with Gasteiger partial charge in [-0.1, -0.05) is 45.9 Å². The molecule has 1 aromatic heterocycles. The molecule has 1 N–H and O–H groups in total. The third-order valence-electron chi connectivity index (χ3n) is 4.94. The number of aromatic nitrogens is 2. The van der Waals surface area contributed by atoms with Gasteiger partial charge >= 0.3 is 0 Å². The van der Waals surface area contributed by atoms with Crippen molar-refractivity contribution in [3.8, 4) is 0 Å². The van der Waals surface area contributed by atoms with Gasteiger partial charge in [0.1, 0.15) is 5.82 Å². The van der Waals surface area contributed by atoms with Crippen LogP contribution in [0.2, 0.25) is 0 Å². The van der Waals surface area contributed by atoms with Gasteiger partial charge in [-0.3, -0.25) is 0 Å². The predicted octanol–water partition coefficient (Wildman–Crippen LogP) is 3.97. The molecule has 3 rings (SSSR count). The van der Waals surface area contributed by atoms with Crippen LogP contribution in [0.4, 0.5) is 17.5 Å². The van der Waals surface area contributed by atoms with E-state index in [1.807, 2.05) is 13.0 Å². The van der Waals surface area contributed by atoms with Crippen molar-refractivity contribution in [3.05, 3.63) is 41.6 Å². The zero-order valence-corrected chi connectivity index (χ0v) is 16.7. The summed E-state index contributed by atoms with van der Waals surface area (Å²) in [6, 6.07) is 10.5. The summed E-state index contributed by atoms with van der Waals surface area (Å²) in [5, 5.41) is 3.53. The lowest BCUT2D eigenvalue weighted by molar-refractivity contribution is 0.270. The summed E-state index contributed by atoms with van der Waals surface area (Å²) in [4.78, 5) is 14.2. The topological polar surface area (TPSA) is 44.3 Å². The maximum Gasteiger partial charge on any atom is 0.227 e. The molecule has 2 heterocycles. The van der Waals surface area contributed by atoms with Crippen molar-refractivity contribution >= 4 is 17.5 Å². The summed E-state index contributed by atoms with van der Waals surface area (Å²) in [6.07, 6.45) is 0. The van der Waals surface area contributed by atoms with Crippen molar-refractivity contribution in [2.24, 2.45) is 0 Å².